The molecule has 1 aliphatic rings. The van der Waals surface area contributed by atoms with Crippen LogP contribution in [0, 0.1) is 9.49 Å². The summed E-state index contributed by atoms with van der Waals surface area (Å²) in [6.45, 7) is 2.10. The van der Waals surface area contributed by atoms with Gasteiger partial charge >= 0.3 is 0 Å². The van der Waals surface area contributed by atoms with E-state index in [9.17, 15) is 9.90 Å². The van der Waals surface area contributed by atoms with Crippen molar-refractivity contribution in [2.75, 3.05) is 0 Å². The van der Waals surface area contributed by atoms with Gasteiger partial charge in [-0.1, -0.05) is 6.92 Å². The van der Waals surface area contributed by atoms with Gasteiger partial charge in [0, 0.05) is 5.92 Å². The molecule has 1 aromatic rings. The van der Waals surface area contributed by atoms with Gasteiger partial charge in [0.25, 0.3) is 5.56 Å². The first-order valence-corrected chi connectivity index (χ1v) is 5.16. The number of halogens is 1. The Bertz CT molecular complexity index is 402. The first kappa shape index (κ1) is 8.98. The highest BCUT2D eigenvalue weighted by Crippen LogP contribution is 2.45. The van der Waals surface area contributed by atoms with Gasteiger partial charge in [0.15, 0.2) is 0 Å². The molecule has 1 heterocycles. The van der Waals surface area contributed by atoms with Crippen molar-refractivity contribution in [2.45, 2.75) is 19.3 Å². The van der Waals surface area contributed by atoms with E-state index in [0.29, 0.717) is 17.7 Å². The minimum absolute atomic E-state index is 0.154. The van der Waals surface area contributed by atoms with Gasteiger partial charge in [-0.25, -0.2) is 0 Å². The highest BCUT2D eigenvalue weighted by atomic mass is 127. The molecule has 2 rings (SSSR count). The second-order valence-electron chi connectivity index (χ2n) is 3.41. The predicted molar refractivity (Wildman–Crippen MR) is 55.8 cm³/mol. The summed E-state index contributed by atoms with van der Waals surface area (Å²) in [7, 11) is 0. The average Bonchev–Trinajstić information content (AvgIpc) is 2.77. The fourth-order valence-electron chi connectivity index (χ4n) is 1.34. The molecule has 1 fully saturated rings. The van der Waals surface area contributed by atoms with Gasteiger partial charge < -0.3 is 10.1 Å². The summed E-state index contributed by atoms with van der Waals surface area (Å²) in [4.78, 5) is 17.8. The van der Waals surface area contributed by atoms with Crippen LogP contribution in [0.15, 0.2) is 4.79 Å². The van der Waals surface area contributed by atoms with E-state index in [1.165, 1.54) is 0 Å². The van der Waals surface area contributed by atoms with Crippen LogP contribution in [0.5, 0.6) is 5.88 Å². The normalized spacial score (nSPS) is 26.0. The van der Waals surface area contributed by atoms with Crippen molar-refractivity contribution in [3.63, 3.8) is 0 Å². The summed E-state index contributed by atoms with van der Waals surface area (Å²) < 4.78 is 0.259. The summed E-state index contributed by atoms with van der Waals surface area (Å²) in [5, 5.41) is 9.31. The van der Waals surface area contributed by atoms with E-state index in [4.69, 9.17) is 0 Å². The zero-order valence-corrected chi connectivity index (χ0v) is 9.20. The smallest absolute Gasteiger partial charge is 0.268 e. The van der Waals surface area contributed by atoms with Crippen LogP contribution in [0.1, 0.15) is 25.1 Å². The van der Waals surface area contributed by atoms with Gasteiger partial charge in [-0.15, -0.1) is 0 Å². The molecule has 0 saturated heterocycles. The molecule has 13 heavy (non-hydrogen) atoms. The number of hydrogen-bond donors (Lipinski definition) is 2. The number of nitrogens with one attached hydrogen (secondary N) is 1. The topological polar surface area (TPSA) is 66.0 Å². The quantitative estimate of drug-likeness (QED) is 0.764. The molecular formula is C8H9IN2O2. The highest BCUT2D eigenvalue weighted by molar-refractivity contribution is 14.1. The van der Waals surface area contributed by atoms with Crippen LogP contribution >= 0.6 is 22.6 Å². The van der Waals surface area contributed by atoms with Gasteiger partial charge in [-0.2, -0.15) is 4.98 Å². The summed E-state index contributed by atoms with van der Waals surface area (Å²) in [6, 6.07) is 0. The van der Waals surface area contributed by atoms with Crippen LogP contribution in [0.4, 0.5) is 0 Å². The molecule has 0 radical (unpaired) electrons. The number of aromatic hydroxyl groups is 1. The molecule has 2 N–H and O–H groups in total. The largest absolute Gasteiger partial charge is 0.492 e. The lowest BCUT2D eigenvalue weighted by Gasteiger charge is -1.99. The van der Waals surface area contributed by atoms with Crippen LogP contribution in [0.2, 0.25) is 0 Å². The lowest BCUT2D eigenvalue weighted by atomic mass is 10.3. The van der Waals surface area contributed by atoms with Gasteiger partial charge in [-0.05, 0) is 34.9 Å². The molecular weight excluding hydrogens is 283 g/mol. The Labute approximate surface area is 88.5 Å². The number of aromatic nitrogens is 2. The Morgan fingerprint density at radius 3 is 2.77 bits per heavy atom. The molecule has 5 heteroatoms. The van der Waals surface area contributed by atoms with Gasteiger partial charge in [0.1, 0.15) is 9.39 Å². The van der Waals surface area contributed by atoms with E-state index in [-0.39, 0.29) is 15.0 Å². The molecule has 0 spiro atoms. The van der Waals surface area contributed by atoms with Crippen molar-refractivity contribution in [1.29, 1.82) is 0 Å². The van der Waals surface area contributed by atoms with E-state index in [0.717, 1.165) is 6.42 Å². The number of hydrogen-bond acceptors (Lipinski definition) is 3. The molecule has 4 nitrogen and oxygen atoms in total. The molecule has 1 aliphatic carbocycles. The molecule has 2 atom stereocenters. The minimum Gasteiger partial charge on any atom is -0.492 e. The Balaban J connectivity index is 2.45. The second-order valence-corrected chi connectivity index (χ2v) is 4.49. The fourth-order valence-corrected chi connectivity index (χ4v) is 1.60. The number of aromatic amines is 1. The molecule has 0 aliphatic heterocycles. The maximum absolute atomic E-state index is 11.2. The Kier molecular flexibility index (Phi) is 2.05. The zero-order valence-electron chi connectivity index (χ0n) is 7.04. The monoisotopic (exact) mass is 292 g/mol. The third-order valence-corrected chi connectivity index (χ3v) is 3.30. The highest BCUT2D eigenvalue weighted by Gasteiger charge is 2.36. The molecule has 0 bridgehead atoms. The molecule has 0 aromatic carbocycles. The predicted octanol–water partition coefficient (Wildman–Crippen LogP) is 1.20. The summed E-state index contributed by atoms with van der Waals surface area (Å²) in [6.07, 6.45) is 1.04. The van der Waals surface area contributed by atoms with Gasteiger partial charge in [0.2, 0.25) is 5.88 Å². The van der Waals surface area contributed by atoms with Crippen LogP contribution < -0.4 is 5.56 Å². The van der Waals surface area contributed by atoms with Gasteiger partial charge in [0.05, 0.1) is 0 Å². The van der Waals surface area contributed by atoms with E-state index in [2.05, 4.69) is 16.9 Å². The molecule has 70 valence electrons. The molecule has 0 amide bonds. The number of rotatable bonds is 1. The summed E-state index contributed by atoms with van der Waals surface area (Å²) >= 11 is 1.78. The fraction of sp³-hybridized carbons (Fsp3) is 0.500. The van der Waals surface area contributed by atoms with Crippen molar-refractivity contribution in [1.82, 2.24) is 9.97 Å². The van der Waals surface area contributed by atoms with Crippen molar-refractivity contribution in [3.05, 3.63) is 19.7 Å². The van der Waals surface area contributed by atoms with Crippen LogP contribution in [-0.4, -0.2) is 15.1 Å². The zero-order chi connectivity index (χ0) is 9.59. The van der Waals surface area contributed by atoms with E-state index in [1.54, 1.807) is 22.6 Å². The average molecular weight is 292 g/mol. The van der Waals surface area contributed by atoms with Crippen molar-refractivity contribution >= 4 is 22.6 Å². The van der Waals surface area contributed by atoms with E-state index >= 15 is 0 Å². The number of nitrogens with zero attached hydrogens (tertiary/aromatic N) is 1. The van der Waals surface area contributed by atoms with Crippen molar-refractivity contribution in [2.24, 2.45) is 5.92 Å². The lowest BCUT2D eigenvalue weighted by molar-refractivity contribution is 0.442. The second kappa shape index (κ2) is 2.97. The maximum Gasteiger partial charge on any atom is 0.268 e. The first-order valence-electron chi connectivity index (χ1n) is 4.08. The Morgan fingerprint density at radius 1 is 1.69 bits per heavy atom. The van der Waals surface area contributed by atoms with Crippen LogP contribution in [0.25, 0.3) is 0 Å². The van der Waals surface area contributed by atoms with Gasteiger partial charge in [-0.3, -0.25) is 4.79 Å². The van der Waals surface area contributed by atoms with E-state index < -0.39 is 0 Å². The molecule has 2 unspecified atom stereocenters. The lowest BCUT2D eigenvalue weighted by Crippen LogP contribution is -2.14. The Hall–Kier alpha value is -0.590. The van der Waals surface area contributed by atoms with Crippen molar-refractivity contribution in [3.8, 4) is 5.88 Å². The van der Waals surface area contributed by atoms with E-state index in [1.807, 2.05) is 0 Å². The van der Waals surface area contributed by atoms with Crippen molar-refractivity contribution < 1.29 is 5.11 Å². The van der Waals surface area contributed by atoms with Crippen LogP contribution in [0.3, 0.4) is 0 Å². The third kappa shape index (κ3) is 1.56. The molecule has 1 aromatic heterocycles. The summed E-state index contributed by atoms with van der Waals surface area (Å²) in [5.74, 6) is 1.37. The standard InChI is InChI=1S/C8H9IN2O2/c1-3-2-4(3)6-10-7(12)5(9)8(13)11-6/h3-4H,2H2,1H3,(H2,10,11,12,13). The third-order valence-electron chi connectivity index (χ3n) is 2.32. The summed E-state index contributed by atoms with van der Waals surface area (Å²) in [5.41, 5.74) is -0.248. The Morgan fingerprint density at radius 2 is 2.31 bits per heavy atom. The minimum atomic E-state index is -0.248. The number of H-pyrrole nitrogens is 1. The maximum atomic E-state index is 11.2. The van der Waals surface area contributed by atoms with Crippen LogP contribution in [-0.2, 0) is 0 Å². The SMILES string of the molecule is CC1CC1c1nc(O)c(I)c(=O)[nH]1. The first-order chi connectivity index (χ1) is 6.09. The molecule has 1 saturated carbocycles.